The van der Waals surface area contributed by atoms with Crippen molar-refractivity contribution in [1.29, 1.82) is 0 Å². The van der Waals surface area contributed by atoms with Gasteiger partial charge in [-0.25, -0.2) is 4.98 Å². The van der Waals surface area contributed by atoms with E-state index in [0.29, 0.717) is 12.4 Å². The Morgan fingerprint density at radius 1 is 1.30 bits per heavy atom. The number of nitrogens with zero attached hydrogens (tertiary/aromatic N) is 3. The third-order valence-corrected chi connectivity index (χ3v) is 6.18. The van der Waals surface area contributed by atoms with E-state index in [1.807, 2.05) is 4.90 Å². The van der Waals surface area contributed by atoms with Gasteiger partial charge in [-0.2, -0.15) is 5.10 Å². The zero-order valence-electron chi connectivity index (χ0n) is 14.8. The van der Waals surface area contributed by atoms with Crippen molar-refractivity contribution in [3.05, 3.63) is 11.6 Å². The van der Waals surface area contributed by atoms with E-state index in [-0.39, 0.29) is 28.7 Å². The van der Waals surface area contributed by atoms with E-state index in [1.165, 1.54) is 0 Å². The van der Waals surface area contributed by atoms with Crippen LogP contribution < -0.4 is 0 Å². The lowest BCUT2D eigenvalue weighted by Crippen LogP contribution is -2.41. The van der Waals surface area contributed by atoms with Crippen LogP contribution in [0.25, 0.3) is 0 Å². The Labute approximate surface area is 138 Å². The van der Waals surface area contributed by atoms with Crippen LogP contribution in [0.15, 0.2) is 0 Å². The average molecular weight is 320 g/mol. The Bertz CT molecular complexity index is 579. The third kappa shape index (κ3) is 2.57. The summed E-state index contributed by atoms with van der Waals surface area (Å²) in [7, 11) is 1.63. The van der Waals surface area contributed by atoms with Gasteiger partial charge in [-0.05, 0) is 30.1 Å². The van der Waals surface area contributed by atoms with E-state index in [4.69, 9.17) is 4.74 Å². The summed E-state index contributed by atoms with van der Waals surface area (Å²) in [5.41, 5.74) is 0.124. The monoisotopic (exact) mass is 320 g/mol. The number of aromatic amines is 1. The number of piperidine rings is 1. The quantitative estimate of drug-likeness (QED) is 0.926. The number of hydrogen-bond acceptors (Lipinski definition) is 4. The number of methoxy groups -OCH3 is 1. The van der Waals surface area contributed by atoms with Crippen LogP contribution in [0, 0.1) is 16.7 Å². The van der Waals surface area contributed by atoms with Crippen molar-refractivity contribution < 1.29 is 9.53 Å². The Morgan fingerprint density at radius 2 is 2.00 bits per heavy atom. The number of likely N-dealkylation sites (tertiary alicyclic amines) is 1. The van der Waals surface area contributed by atoms with Crippen LogP contribution in [-0.2, 0) is 16.1 Å². The smallest absolute Gasteiger partial charge is 0.227 e. The maximum Gasteiger partial charge on any atom is 0.227 e. The second-order valence-electron chi connectivity index (χ2n) is 7.99. The van der Waals surface area contributed by atoms with Crippen molar-refractivity contribution >= 4 is 5.91 Å². The van der Waals surface area contributed by atoms with Gasteiger partial charge in [0.1, 0.15) is 6.61 Å². The highest BCUT2D eigenvalue weighted by molar-refractivity contribution is 5.84. The molecule has 1 amide bonds. The van der Waals surface area contributed by atoms with E-state index in [2.05, 4.69) is 42.9 Å². The molecule has 128 valence electrons. The standard InChI is InChI=1S/C17H28N4O2/c1-16(2)13(17(16,3)4)15(22)21-9-7-6-8-11(21)14-18-12(10-23-5)19-20-14/h11,13H,6-10H2,1-5H3,(H,18,19,20)/t11-/m0/s1. The second kappa shape index (κ2) is 5.58. The summed E-state index contributed by atoms with van der Waals surface area (Å²) < 4.78 is 5.09. The van der Waals surface area contributed by atoms with Crippen LogP contribution in [0.3, 0.4) is 0 Å². The number of aromatic nitrogens is 3. The number of H-pyrrole nitrogens is 1. The lowest BCUT2D eigenvalue weighted by Gasteiger charge is -2.34. The van der Waals surface area contributed by atoms with Crippen LogP contribution in [0.1, 0.15) is 64.6 Å². The number of nitrogens with one attached hydrogen (secondary N) is 1. The van der Waals surface area contributed by atoms with E-state index in [1.54, 1.807) is 7.11 Å². The minimum absolute atomic E-state index is 0.00898. The molecular formula is C17H28N4O2. The highest BCUT2D eigenvalue weighted by Crippen LogP contribution is 2.69. The molecule has 2 fully saturated rings. The van der Waals surface area contributed by atoms with E-state index >= 15 is 0 Å². The molecule has 23 heavy (non-hydrogen) atoms. The Kier molecular flexibility index (Phi) is 3.99. The number of ether oxygens (including phenoxy) is 1. The normalized spacial score (nSPS) is 26.3. The molecule has 6 heteroatoms. The van der Waals surface area contributed by atoms with Crippen LogP contribution in [0.2, 0.25) is 0 Å². The maximum atomic E-state index is 13.1. The SMILES string of the molecule is COCc1nc([C@@H]2CCCCN2C(=O)C2C(C)(C)C2(C)C)n[nH]1. The topological polar surface area (TPSA) is 71.1 Å². The molecule has 6 nitrogen and oxygen atoms in total. The Balaban J connectivity index is 1.80. The fraction of sp³-hybridized carbons (Fsp3) is 0.824. The largest absolute Gasteiger partial charge is 0.377 e. The van der Waals surface area contributed by atoms with Crippen LogP contribution in [0.5, 0.6) is 0 Å². The first kappa shape index (κ1) is 16.4. The predicted molar refractivity (Wildman–Crippen MR) is 86.5 cm³/mol. The van der Waals surface area contributed by atoms with Gasteiger partial charge in [0.2, 0.25) is 5.91 Å². The average Bonchev–Trinajstić information content (AvgIpc) is 2.84. The van der Waals surface area contributed by atoms with E-state index in [0.717, 1.165) is 31.6 Å². The summed E-state index contributed by atoms with van der Waals surface area (Å²) in [5, 5.41) is 7.25. The van der Waals surface area contributed by atoms with Crippen molar-refractivity contribution in [2.75, 3.05) is 13.7 Å². The number of carbonyl (C=O) groups is 1. The number of hydrogen-bond donors (Lipinski definition) is 1. The van der Waals surface area contributed by atoms with Crippen molar-refractivity contribution in [2.45, 2.75) is 59.6 Å². The van der Waals surface area contributed by atoms with Crippen LogP contribution in [-0.4, -0.2) is 39.6 Å². The highest BCUT2D eigenvalue weighted by atomic mass is 16.5. The molecule has 2 heterocycles. The van der Waals surface area contributed by atoms with Gasteiger partial charge >= 0.3 is 0 Å². The van der Waals surface area contributed by atoms with Crippen LogP contribution >= 0.6 is 0 Å². The lowest BCUT2D eigenvalue weighted by molar-refractivity contribution is -0.138. The molecule has 1 saturated carbocycles. The Hall–Kier alpha value is -1.43. The summed E-state index contributed by atoms with van der Waals surface area (Å²) >= 11 is 0. The molecule has 1 aromatic heterocycles. The molecular weight excluding hydrogens is 292 g/mol. The molecule has 2 aliphatic rings. The van der Waals surface area contributed by atoms with Crippen LogP contribution in [0.4, 0.5) is 0 Å². The number of rotatable bonds is 4. The molecule has 1 aliphatic carbocycles. The van der Waals surface area contributed by atoms with Gasteiger partial charge < -0.3 is 9.64 Å². The van der Waals surface area contributed by atoms with Crippen molar-refractivity contribution in [1.82, 2.24) is 20.1 Å². The molecule has 1 aliphatic heterocycles. The molecule has 0 unspecified atom stereocenters. The Morgan fingerprint density at radius 3 is 2.61 bits per heavy atom. The van der Waals surface area contributed by atoms with E-state index < -0.39 is 0 Å². The van der Waals surface area contributed by atoms with Crippen molar-refractivity contribution in [3.63, 3.8) is 0 Å². The summed E-state index contributed by atoms with van der Waals surface area (Å²) in [6.07, 6.45) is 3.11. The predicted octanol–water partition coefficient (Wildman–Crippen LogP) is 2.69. The second-order valence-corrected chi connectivity index (χ2v) is 7.99. The van der Waals surface area contributed by atoms with Crippen molar-refractivity contribution in [2.24, 2.45) is 16.7 Å². The minimum Gasteiger partial charge on any atom is -0.377 e. The molecule has 1 N–H and O–H groups in total. The minimum atomic E-state index is -0.00898. The molecule has 1 atom stereocenters. The summed E-state index contributed by atoms with van der Waals surface area (Å²) in [6, 6.07) is -0.00898. The highest BCUT2D eigenvalue weighted by Gasteiger charge is 2.69. The van der Waals surface area contributed by atoms with Gasteiger partial charge in [-0.15, -0.1) is 0 Å². The van der Waals surface area contributed by atoms with Crippen molar-refractivity contribution in [3.8, 4) is 0 Å². The summed E-state index contributed by atoms with van der Waals surface area (Å²) in [5.74, 6) is 1.80. The third-order valence-electron chi connectivity index (χ3n) is 6.18. The first-order chi connectivity index (χ1) is 10.8. The molecule has 0 aromatic carbocycles. The van der Waals surface area contributed by atoms with Gasteiger partial charge in [0.15, 0.2) is 11.6 Å². The fourth-order valence-corrected chi connectivity index (χ4v) is 4.10. The zero-order valence-corrected chi connectivity index (χ0v) is 14.8. The van der Waals surface area contributed by atoms with Gasteiger partial charge in [-0.1, -0.05) is 27.7 Å². The maximum absolute atomic E-state index is 13.1. The van der Waals surface area contributed by atoms with Gasteiger partial charge in [0, 0.05) is 19.6 Å². The summed E-state index contributed by atoms with van der Waals surface area (Å²) in [6.45, 7) is 9.99. The van der Waals surface area contributed by atoms with E-state index in [9.17, 15) is 4.79 Å². The zero-order chi connectivity index (χ0) is 16.8. The first-order valence-corrected chi connectivity index (χ1v) is 8.51. The van der Waals surface area contributed by atoms with Gasteiger partial charge in [0.25, 0.3) is 0 Å². The van der Waals surface area contributed by atoms with Gasteiger partial charge in [-0.3, -0.25) is 9.89 Å². The fourth-order valence-electron chi connectivity index (χ4n) is 4.10. The number of amides is 1. The molecule has 1 saturated heterocycles. The van der Waals surface area contributed by atoms with Gasteiger partial charge in [0.05, 0.1) is 6.04 Å². The first-order valence-electron chi connectivity index (χ1n) is 8.51. The molecule has 0 radical (unpaired) electrons. The lowest BCUT2D eigenvalue weighted by atomic mass is 9.99. The molecule has 0 spiro atoms. The molecule has 1 aromatic rings. The molecule has 3 rings (SSSR count). The number of carbonyl (C=O) groups excluding carboxylic acids is 1. The molecule has 0 bridgehead atoms. The summed E-state index contributed by atoms with van der Waals surface area (Å²) in [4.78, 5) is 19.7.